The summed E-state index contributed by atoms with van der Waals surface area (Å²) < 4.78 is 155. The second-order valence-electron chi connectivity index (χ2n) is 9.68. The van der Waals surface area contributed by atoms with E-state index in [2.05, 4.69) is 6.92 Å². The molecule has 0 heterocycles. The topological polar surface area (TPSA) is 43.4 Å². The van der Waals surface area contributed by atoms with E-state index in [0.717, 1.165) is 37.7 Å². The Morgan fingerprint density at radius 1 is 0.581 bits per heavy atom. The van der Waals surface area contributed by atoms with Gasteiger partial charge in [-0.05, 0) is 65.1 Å². The molecule has 14 heteroatoms. The second kappa shape index (κ2) is 13.1. The monoisotopic (exact) mass is 660 g/mol. The van der Waals surface area contributed by atoms with Crippen LogP contribution in [0.3, 0.4) is 0 Å². The van der Waals surface area contributed by atoms with Crippen molar-refractivity contribution in [2.45, 2.75) is 83.4 Å². The summed E-state index contributed by atoms with van der Waals surface area (Å²) in [7, 11) is -11.2. The van der Waals surface area contributed by atoms with E-state index in [9.17, 15) is 47.9 Å². The molecule has 238 valence electrons. The largest absolute Gasteiger partial charge is 0.460 e. The van der Waals surface area contributed by atoms with Crippen molar-refractivity contribution in [3.05, 3.63) is 90.5 Å². The number of unbranched alkanes of at least 4 members (excludes halogenated alkanes) is 4. The van der Waals surface area contributed by atoms with Crippen LogP contribution in [-0.2, 0) is 20.2 Å². The van der Waals surface area contributed by atoms with Gasteiger partial charge in [0.1, 0.15) is 0 Å². The van der Waals surface area contributed by atoms with Crippen molar-refractivity contribution in [3.63, 3.8) is 0 Å². The molecular formula is C29H29F9O3S2. The maximum Gasteiger partial charge on any atom is 0.460 e. The minimum atomic E-state index is -7.43. The van der Waals surface area contributed by atoms with E-state index < -0.39 is 43.7 Å². The highest BCUT2D eigenvalue weighted by atomic mass is 32.3. The molecule has 0 spiro atoms. The van der Waals surface area contributed by atoms with Crippen molar-refractivity contribution in [1.29, 1.82) is 0 Å². The van der Waals surface area contributed by atoms with Gasteiger partial charge in [0.05, 0.1) is 0 Å². The van der Waals surface area contributed by atoms with E-state index in [1.54, 1.807) is 12.1 Å². The van der Waals surface area contributed by atoms with E-state index in [1.807, 2.05) is 0 Å². The van der Waals surface area contributed by atoms with Crippen LogP contribution in [0.25, 0.3) is 0 Å². The Morgan fingerprint density at radius 3 is 1.47 bits per heavy atom. The molecule has 0 atom stereocenters. The maximum atomic E-state index is 14.9. The van der Waals surface area contributed by atoms with E-state index >= 15 is 0 Å². The number of hydrogen-bond acceptors (Lipinski definition) is 3. The summed E-state index contributed by atoms with van der Waals surface area (Å²) in [5.41, 5.74) is 0.777. The zero-order chi connectivity index (χ0) is 32.2. The molecule has 0 bridgehead atoms. The van der Waals surface area contributed by atoms with Crippen molar-refractivity contribution in [1.82, 2.24) is 0 Å². The summed E-state index contributed by atoms with van der Waals surface area (Å²) in [6.45, 7) is 2.06. The lowest BCUT2D eigenvalue weighted by atomic mass is 10.1. The zero-order valence-corrected chi connectivity index (χ0v) is 24.4. The van der Waals surface area contributed by atoms with E-state index in [4.69, 9.17) is 3.63 Å². The van der Waals surface area contributed by atoms with Gasteiger partial charge < -0.3 is 0 Å². The molecule has 3 nitrogen and oxygen atoms in total. The van der Waals surface area contributed by atoms with Crippen molar-refractivity contribution in [2.24, 2.45) is 0 Å². The molecule has 0 aliphatic rings. The molecule has 0 N–H and O–H groups in total. The lowest BCUT2D eigenvalue weighted by molar-refractivity contribution is -0.382. The highest BCUT2D eigenvalue weighted by molar-refractivity contribution is 8.33. The molecule has 0 aliphatic heterocycles. The maximum absolute atomic E-state index is 14.9. The summed E-state index contributed by atoms with van der Waals surface area (Å²) in [5, 5.41) is -7.01. The Labute approximate surface area is 245 Å². The smallest absolute Gasteiger partial charge is 0.202 e. The van der Waals surface area contributed by atoms with Gasteiger partial charge in [-0.25, -0.2) is 3.63 Å². The van der Waals surface area contributed by atoms with Gasteiger partial charge in [-0.2, -0.15) is 47.9 Å². The fourth-order valence-corrected chi connectivity index (χ4v) is 9.44. The third kappa shape index (κ3) is 6.70. The summed E-state index contributed by atoms with van der Waals surface area (Å²) in [6, 6.07) is 19.2. The fraction of sp³-hybridized carbons (Fsp3) is 0.379. The first-order valence-corrected chi connectivity index (χ1v) is 16.1. The first kappa shape index (κ1) is 34.8. The molecule has 3 aromatic carbocycles. The quantitative estimate of drug-likeness (QED) is 0.128. The van der Waals surface area contributed by atoms with Gasteiger partial charge in [-0.15, -0.1) is 0 Å². The van der Waals surface area contributed by atoms with Crippen LogP contribution in [0.4, 0.5) is 39.5 Å². The van der Waals surface area contributed by atoms with Crippen LogP contribution in [-0.4, -0.2) is 31.7 Å². The van der Waals surface area contributed by atoms with Crippen LogP contribution < -0.4 is 0 Å². The molecular weight excluding hydrogens is 631 g/mol. The van der Waals surface area contributed by atoms with Gasteiger partial charge in [0.25, 0.3) is 0 Å². The van der Waals surface area contributed by atoms with Gasteiger partial charge >= 0.3 is 33.4 Å². The van der Waals surface area contributed by atoms with Gasteiger partial charge in [0.2, 0.25) is 0 Å². The third-order valence-corrected chi connectivity index (χ3v) is 11.8. The highest BCUT2D eigenvalue weighted by Crippen LogP contribution is 2.71. The molecule has 0 aliphatic carbocycles. The van der Waals surface area contributed by atoms with Gasteiger partial charge in [-0.1, -0.05) is 81.1 Å². The lowest BCUT2D eigenvalue weighted by Crippen LogP contribution is -2.63. The Morgan fingerprint density at radius 2 is 1.02 bits per heavy atom. The molecule has 43 heavy (non-hydrogen) atoms. The Bertz CT molecular complexity index is 1390. The van der Waals surface area contributed by atoms with Crippen LogP contribution in [0.5, 0.6) is 0 Å². The SMILES string of the molecule is CCCCCCCc1ccc(S(OS(=O)(=O)C(F)(F)C(F)(F)C(F)(F)C(F)(F)F)(c2ccccc2)c2ccccc2)cc1. The van der Waals surface area contributed by atoms with E-state index in [1.165, 1.54) is 72.8 Å². The predicted molar refractivity (Wildman–Crippen MR) is 145 cm³/mol. The van der Waals surface area contributed by atoms with Gasteiger partial charge in [0.15, 0.2) is 0 Å². The molecule has 0 amide bonds. The Kier molecular flexibility index (Phi) is 10.6. The zero-order valence-electron chi connectivity index (χ0n) is 22.8. The summed E-state index contributed by atoms with van der Waals surface area (Å²) >= 11 is 0. The molecule has 0 unspecified atom stereocenters. The third-order valence-electron chi connectivity index (χ3n) is 6.60. The van der Waals surface area contributed by atoms with Gasteiger partial charge in [0, 0.05) is 14.7 Å². The minimum Gasteiger partial charge on any atom is -0.202 e. The minimum absolute atomic E-state index is 0.107. The van der Waals surface area contributed by atoms with Crippen molar-refractivity contribution in [2.75, 3.05) is 0 Å². The average molecular weight is 661 g/mol. The Balaban J connectivity index is 2.20. The molecule has 3 aromatic rings. The number of alkyl halides is 9. The number of rotatable bonds is 14. The fourth-order valence-electron chi connectivity index (χ4n) is 4.23. The number of halogens is 9. The first-order chi connectivity index (χ1) is 20.0. The molecule has 0 radical (unpaired) electrons. The van der Waals surface area contributed by atoms with E-state index in [-0.39, 0.29) is 14.7 Å². The number of hydrogen-bond donors (Lipinski definition) is 0. The second-order valence-corrected chi connectivity index (χ2v) is 14.2. The van der Waals surface area contributed by atoms with Crippen molar-refractivity contribution in [3.8, 4) is 0 Å². The lowest BCUT2D eigenvalue weighted by Gasteiger charge is -2.41. The number of aryl methyl sites for hydroxylation is 1. The molecule has 0 saturated heterocycles. The van der Waals surface area contributed by atoms with Gasteiger partial charge in [-0.3, -0.25) is 0 Å². The number of benzene rings is 3. The normalized spacial score (nSPS) is 14.1. The molecule has 0 saturated carbocycles. The van der Waals surface area contributed by atoms with Crippen molar-refractivity contribution < 1.29 is 51.6 Å². The van der Waals surface area contributed by atoms with Crippen LogP contribution in [0.1, 0.15) is 44.6 Å². The Hall–Kier alpha value is -2.71. The predicted octanol–water partition coefficient (Wildman–Crippen LogP) is 10.2. The van der Waals surface area contributed by atoms with E-state index in [0.29, 0.717) is 6.42 Å². The average Bonchev–Trinajstić information content (AvgIpc) is 2.96. The summed E-state index contributed by atoms with van der Waals surface area (Å²) in [6.07, 6.45) is -1.73. The summed E-state index contributed by atoms with van der Waals surface area (Å²) in [4.78, 5) is -0.359. The first-order valence-electron chi connectivity index (χ1n) is 13.1. The van der Waals surface area contributed by atoms with Crippen LogP contribution >= 0.6 is 10.3 Å². The summed E-state index contributed by atoms with van der Waals surface area (Å²) in [5.74, 6) is -14.9. The van der Waals surface area contributed by atoms with Crippen molar-refractivity contribution >= 4 is 20.4 Å². The van der Waals surface area contributed by atoms with Crippen LogP contribution in [0, 0.1) is 0 Å². The standard InChI is InChI=1S/C29H29F9O3S2/c1-2-3-4-5-8-13-22-18-20-25(21-19-22)42(23-14-9-6-10-15-23,24-16-11-7-12-17-24)41-43(39,40)29(37,38)27(32,33)26(30,31)28(34,35)36/h6-7,9-12,14-21H,2-5,8,13H2,1H3. The molecule has 0 aromatic heterocycles. The van der Waals surface area contributed by atoms with Crippen LogP contribution in [0.2, 0.25) is 0 Å². The molecule has 3 rings (SSSR count). The highest BCUT2D eigenvalue weighted by Gasteiger charge is 2.86. The van der Waals surface area contributed by atoms with Crippen LogP contribution in [0.15, 0.2) is 99.6 Å². The molecule has 0 fully saturated rings.